The molecule has 1 fully saturated rings. The number of carboxylic acid groups (broad SMARTS) is 1. The number of hydrogen-bond acceptors (Lipinski definition) is 9. The second kappa shape index (κ2) is 9.49. The lowest BCUT2D eigenvalue weighted by atomic mass is 9.77. The van der Waals surface area contributed by atoms with Crippen LogP contribution in [0.15, 0.2) is 24.0 Å². The topological polar surface area (TPSA) is 135 Å². The van der Waals surface area contributed by atoms with Crippen molar-refractivity contribution in [3.63, 3.8) is 0 Å². The third-order valence-electron chi connectivity index (χ3n) is 8.34. The number of aliphatic carboxylic acids is 1. The zero-order chi connectivity index (χ0) is 26.5. The number of carboxylic acids is 1. The molecule has 37 heavy (non-hydrogen) atoms. The largest absolute Gasteiger partial charge is 0.497 e. The summed E-state index contributed by atoms with van der Waals surface area (Å²) in [6, 6.07) is 3.92. The molecule has 3 heterocycles. The second-order valence-corrected chi connectivity index (χ2v) is 10.9. The SMILES string of the molecule is COC1=CC23CCCN2CCc2cc4c(cc2[C@@H]3[C@@H]1OC(=O)[C@@](O)(CCC(C)C)[C@H](O)C(=O)O)OCO4. The Hall–Kier alpha value is -2.82. The summed E-state index contributed by atoms with van der Waals surface area (Å²) < 4.78 is 23.0. The van der Waals surface area contributed by atoms with Gasteiger partial charge in [-0.05, 0) is 73.9 Å². The summed E-state index contributed by atoms with van der Waals surface area (Å²) in [6.07, 6.45) is 1.38. The van der Waals surface area contributed by atoms with Crippen LogP contribution in [0, 0.1) is 5.92 Å². The highest BCUT2D eigenvalue weighted by molar-refractivity contribution is 5.88. The van der Waals surface area contributed by atoms with E-state index in [1.807, 2.05) is 32.1 Å². The molecule has 202 valence electrons. The molecule has 1 saturated heterocycles. The number of carbonyl (C=O) groups is 2. The van der Waals surface area contributed by atoms with Crippen molar-refractivity contribution in [2.45, 2.75) is 75.2 Å². The van der Waals surface area contributed by atoms with E-state index in [0.717, 1.165) is 43.5 Å². The molecule has 4 aliphatic rings. The van der Waals surface area contributed by atoms with Crippen LogP contribution >= 0.6 is 0 Å². The lowest BCUT2D eigenvalue weighted by Crippen LogP contribution is -2.55. The van der Waals surface area contributed by atoms with E-state index < -0.39 is 35.3 Å². The van der Waals surface area contributed by atoms with E-state index in [2.05, 4.69) is 4.90 Å². The van der Waals surface area contributed by atoms with E-state index in [-0.39, 0.29) is 25.0 Å². The monoisotopic (exact) mass is 517 g/mol. The van der Waals surface area contributed by atoms with Crippen molar-refractivity contribution in [2.24, 2.45) is 5.92 Å². The van der Waals surface area contributed by atoms with Gasteiger partial charge in [0.15, 0.2) is 29.3 Å². The first-order valence-electron chi connectivity index (χ1n) is 12.9. The smallest absolute Gasteiger partial charge is 0.342 e. The standard InChI is InChI=1S/C27H35NO9/c1-15(2)5-8-27(33,23(29)24(30)31)25(32)37-22-20(34-3)13-26-7-4-9-28(26)10-6-16-11-18-19(36-14-35-18)12-17(16)21(22)26/h11-13,15,21-23,29,33H,4-10,14H2,1-3H3,(H,30,31)/t21-,22-,23-,26?,27-/m1/s1. The zero-order valence-electron chi connectivity index (χ0n) is 21.4. The minimum absolute atomic E-state index is 0.0644. The summed E-state index contributed by atoms with van der Waals surface area (Å²) in [5, 5.41) is 31.1. The van der Waals surface area contributed by atoms with Crippen LogP contribution in [0.5, 0.6) is 11.5 Å². The quantitative estimate of drug-likeness (QED) is 0.439. The van der Waals surface area contributed by atoms with Crippen LogP contribution in [0.25, 0.3) is 0 Å². The Morgan fingerprint density at radius 3 is 2.65 bits per heavy atom. The van der Waals surface area contributed by atoms with Crippen molar-refractivity contribution in [2.75, 3.05) is 27.0 Å². The number of nitrogens with zero attached hydrogens (tertiary/aromatic N) is 1. The van der Waals surface area contributed by atoms with Crippen LogP contribution in [0.4, 0.5) is 0 Å². The van der Waals surface area contributed by atoms with Gasteiger partial charge in [-0.25, -0.2) is 9.59 Å². The molecule has 3 aliphatic heterocycles. The predicted octanol–water partition coefficient (Wildman–Crippen LogP) is 1.96. The van der Waals surface area contributed by atoms with Gasteiger partial charge in [0.05, 0.1) is 18.6 Å². The van der Waals surface area contributed by atoms with E-state index in [1.165, 1.54) is 7.11 Å². The fraction of sp³-hybridized carbons (Fsp3) is 0.630. The van der Waals surface area contributed by atoms with Gasteiger partial charge in [0.2, 0.25) is 6.79 Å². The number of ether oxygens (including phenoxy) is 4. The molecule has 1 aromatic carbocycles. The molecule has 3 N–H and O–H groups in total. The van der Waals surface area contributed by atoms with E-state index in [1.54, 1.807) is 0 Å². The summed E-state index contributed by atoms with van der Waals surface area (Å²) in [6.45, 7) is 5.57. The summed E-state index contributed by atoms with van der Waals surface area (Å²) >= 11 is 0. The minimum Gasteiger partial charge on any atom is -0.497 e. The Balaban J connectivity index is 1.56. The number of methoxy groups -OCH3 is 1. The first-order valence-corrected chi connectivity index (χ1v) is 12.9. The number of esters is 1. The molecule has 10 heteroatoms. The first-order chi connectivity index (χ1) is 17.6. The molecule has 0 bridgehead atoms. The van der Waals surface area contributed by atoms with Gasteiger partial charge >= 0.3 is 11.9 Å². The summed E-state index contributed by atoms with van der Waals surface area (Å²) in [5.74, 6) is -1.45. The molecule has 0 saturated carbocycles. The van der Waals surface area contributed by atoms with Crippen molar-refractivity contribution >= 4 is 11.9 Å². The van der Waals surface area contributed by atoms with Crippen LogP contribution in [-0.2, 0) is 25.5 Å². The molecule has 10 nitrogen and oxygen atoms in total. The van der Waals surface area contributed by atoms with Crippen molar-refractivity contribution in [3.8, 4) is 11.5 Å². The predicted molar refractivity (Wildman–Crippen MR) is 130 cm³/mol. The van der Waals surface area contributed by atoms with Gasteiger partial charge in [-0.1, -0.05) is 13.8 Å². The Morgan fingerprint density at radius 2 is 1.97 bits per heavy atom. The maximum atomic E-state index is 13.6. The van der Waals surface area contributed by atoms with Crippen LogP contribution in [-0.4, -0.2) is 82.5 Å². The number of benzene rings is 1. The fourth-order valence-corrected chi connectivity index (χ4v) is 6.38. The lowest BCUT2D eigenvalue weighted by molar-refractivity contribution is -0.194. The first kappa shape index (κ1) is 25.8. The van der Waals surface area contributed by atoms with E-state index in [0.29, 0.717) is 23.7 Å². The Bertz CT molecular complexity index is 1120. The normalized spacial score (nSPS) is 28.4. The van der Waals surface area contributed by atoms with Crippen LogP contribution in [0.1, 0.15) is 56.6 Å². The van der Waals surface area contributed by atoms with Gasteiger partial charge in [0.25, 0.3) is 0 Å². The Kier molecular flexibility index (Phi) is 6.62. The Labute approximate surface area is 215 Å². The van der Waals surface area contributed by atoms with Crippen molar-refractivity contribution in [1.82, 2.24) is 4.90 Å². The minimum atomic E-state index is -2.61. The van der Waals surface area contributed by atoms with E-state index >= 15 is 0 Å². The van der Waals surface area contributed by atoms with Gasteiger partial charge in [-0.3, -0.25) is 4.90 Å². The summed E-state index contributed by atoms with van der Waals surface area (Å²) in [7, 11) is 1.51. The van der Waals surface area contributed by atoms with Gasteiger partial charge in [0.1, 0.15) is 5.76 Å². The van der Waals surface area contributed by atoms with Crippen molar-refractivity contribution in [3.05, 3.63) is 35.1 Å². The molecule has 1 spiro atoms. The highest BCUT2D eigenvalue weighted by atomic mass is 16.7. The molecule has 0 amide bonds. The molecule has 0 aromatic heterocycles. The molecule has 1 aromatic rings. The number of carbonyl (C=O) groups excluding carboxylic acids is 1. The highest BCUT2D eigenvalue weighted by Crippen LogP contribution is 2.55. The third kappa shape index (κ3) is 4.15. The average Bonchev–Trinajstić information content (AvgIpc) is 3.55. The number of hydrogen-bond donors (Lipinski definition) is 3. The molecule has 0 radical (unpaired) electrons. The number of fused-ring (bicyclic) bond motifs is 3. The number of rotatable bonds is 8. The molecule has 5 rings (SSSR count). The van der Waals surface area contributed by atoms with Crippen molar-refractivity contribution < 1.29 is 43.9 Å². The van der Waals surface area contributed by atoms with Gasteiger partial charge in [-0.2, -0.15) is 0 Å². The Morgan fingerprint density at radius 1 is 1.24 bits per heavy atom. The maximum absolute atomic E-state index is 13.6. The maximum Gasteiger partial charge on any atom is 0.342 e. The van der Waals surface area contributed by atoms with Crippen LogP contribution < -0.4 is 9.47 Å². The second-order valence-electron chi connectivity index (χ2n) is 10.9. The number of aliphatic hydroxyl groups is 2. The van der Waals surface area contributed by atoms with E-state index in [9.17, 15) is 24.9 Å². The molecular formula is C27H35NO9. The van der Waals surface area contributed by atoms with Crippen LogP contribution in [0.3, 0.4) is 0 Å². The molecular weight excluding hydrogens is 482 g/mol. The zero-order valence-corrected chi connectivity index (χ0v) is 21.4. The summed E-state index contributed by atoms with van der Waals surface area (Å²) in [4.78, 5) is 27.6. The lowest BCUT2D eigenvalue weighted by Gasteiger charge is -2.40. The molecule has 1 unspecified atom stereocenters. The highest BCUT2D eigenvalue weighted by Gasteiger charge is 2.59. The molecule has 5 atom stereocenters. The third-order valence-corrected chi connectivity index (χ3v) is 8.34. The van der Waals surface area contributed by atoms with Crippen LogP contribution in [0.2, 0.25) is 0 Å². The van der Waals surface area contributed by atoms with Gasteiger partial charge in [0, 0.05) is 6.54 Å². The fourth-order valence-electron chi connectivity index (χ4n) is 6.38. The number of aliphatic hydroxyl groups excluding tert-OH is 1. The summed E-state index contributed by atoms with van der Waals surface area (Å²) in [5.41, 5.74) is -1.09. The van der Waals surface area contributed by atoms with Gasteiger partial charge in [-0.15, -0.1) is 0 Å². The average molecular weight is 518 g/mol. The van der Waals surface area contributed by atoms with Gasteiger partial charge < -0.3 is 34.3 Å². The van der Waals surface area contributed by atoms with E-state index in [4.69, 9.17) is 18.9 Å². The van der Waals surface area contributed by atoms with Crippen molar-refractivity contribution in [1.29, 1.82) is 0 Å². The molecule has 1 aliphatic carbocycles.